The van der Waals surface area contributed by atoms with Crippen molar-refractivity contribution in [1.29, 1.82) is 0 Å². The summed E-state index contributed by atoms with van der Waals surface area (Å²) in [6.07, 6.45) is 1.75. The van der Waals surface area contributed by atoms with E-state index in [1.54, 1.807) is 18.3 Å². The third-order valence-corrected chi connectivity index (χ3v) is 3.29. The van der Waals surface area contributed by atoms with Crippen LogP contribution in [0.1, 0.15) is 5.56 Å². The number of nitrogens with one attached hydrogen (secondary N) is 1. The summed E-state index contributed by atoms with van der Waals surface area (Å²) in [4.78, 5) is 4.37. The van der Waals surface area contributed by atoms with Crippen molar-refractivity contribution in [2.75, 3.05) is 11.1 Å². The lowest BCUT2D eigenvalue weighted by Crippen LogP contribution is -1.98. The number of phenolic OH excluding ortho intramolecular Hbond substituents is 1. The zero-order valence-corrected chi connectivity index (χ0v) is 11.1. The van der Waals surface area contributed by atoms with Gasteiger partial charge < -0.3 is 16.2 Å². The highest BCUT2D eigenvalue weighted by Crippen LogP contribution is 2.30. The van der Waals surface area contributed by atoms with Crippen molar-refractivity contribution in [2.45, 2.75) is 6.92 Å². The van der Waals surface area contributed by atoms with E-state index in [0.717, 1.165) is 27.8 Å². The fourth-order valence-electron chi connectivity index (χ4n) is 2.27. The van der Waals surface area contributed by atoms with Crippen LogP contribution in [0.3, 0.4) is 0 Å². The van der Waals surface area contributed by atoms with E-state index in [0.29, 0.717) is 5.69 Å². The molecule has 0 amide bonds. The van der Waals surface area contributed by atoms with Crippen molar-refractivity contribution in [3.05, 3.63) is 54.2 Å². The summed E-state index contributed by atoms with van der Waals surface area (Å²) in [5.41, 5.74) is 8.58. The minimum absolute atomic E-state index is 0.249. The maximum atomic E-state index is 9.46. The molecule has 4 N–H and O–H groups in total. The minimum Gasteiger partial charge on any atom is -0.508 e. The molecule has 1 aromatic heterocycles. The second-order valence-electron chi connectivity index (χ2n) is 4.73. The van der Waals surface area contributed by atoms with E-state index in [9.17, 15) is 5.11 Å². The number of hydrogen-bond donors (Lipinski definition) is 3. The average Bonchev–Trinajstić information content (AvgIpc) is 2.42. The van der Waals surface area contributed by atoms with Crippen LogP contribution in [0.25, 0.3) is 10.8 Å². The molecule has 2 aromatic carbocycles. The molecular weight excluding hydrogens is 250 g/mol. The molecule has 4 heteroatoms. The van der Waals surface area contributed by atoms with Gasteiger partial charge >= 0.3 is 0 Å². The molecule has 3 aromatic rings. The lowest BCUT2D eigenvalue weighted by Gasteiger charge is -2.12. The number of aromatic nitrogens is 1. The van der Waals surface area contributed by atoms with E-state index < -0.39 is 0 Å². The Bertz CT molecular complexity index is 779. The first-order valence-corrected chi connectivity index (χ1v) is 6.35. The molecule has 100 valence electrons. The van der Waals surface area contributed by atoms with Crippen LogP contribution < -0.4 is 11.1 Å². The molecule has 20 heavy (non-hydrogen) atoms. The quantitative estimate of drug-likeness (QED) is 0.489. The topological polar surface area (TPSA) is 71.2 Å². The smallest absolute Gasteiger partial charge is 0.140 e. The molecule has 0 bridgehead atoms. The van der Waals surface area contributed by atoms with E-state index in [1.807, 2.05) is 37.3 Å². The molecule has 0 spiro atoms. The van der Waals surface area contributed by atoms with E-state index in [4.69, 9.17) is 5.73 Å². The number of nitrogens with zero attached hydrogens (tertiary/aromatic N) is 1. The van der Waals surface area contributed by atoms with Gasteiger partial charge in [-0.25, -0.2) is 4.98 Å². The summed E-state index contributed by atoms with van der Waals surface area (Å²) in [5, 5.41) is 14.7. The summed E-state index contributed by atoms with van der Waals surface area (Å²) in [7, 11) is 0. The lowest BCUT2D eigenvalue weighted by atomic mass is 10.1. The monoisotopic (exact) mass is 265 g/mol. The maximum Gasteiger partial charge on any atom is 0.140 e. The molecule has 0 saturated heterocycles. The summed E-state index contributed by atoms with van der Waals surface area (Å²) < 4.78 is 0. The van der Waals surface area contributed by atoms with Crippen molar-refractivity contribution in [1.82, 2.24) is 4.98 Å². The summed E-state index contributed by atoms with van der Waals surface area (Å²) in [6, 6.07) is 12.9. The summed E-state index contributed by atoms with van der Waals surface area (Å²) in [6.45, 7) is 1.93. The van der Waals surface area contributed by atoms with Crippen LogP contribution >= 0.6 is 0 Å². The Morgan fingerprint density at radius 2 is 2.00 bits per heavy atom. The summed E-state index contributed by atoms with van der Waals surface area (Å²) in [5.74, 6) is 0.966. The van der Waals surface area contributed by atoms with Crippen LogP contribution in [0.4, 0.5) is 17.2 Å². The molecule has 4 nitrogen and oxygen atoms in total. The van der Waals surface area contributed by atoms with Crippen LogP contribution in [0.5, 0.6) is 5.75 Å². The Labute approximate surface area is 116 Å². The van der Waals surface area contributed by atoms with Gasteiger partial charge in [0.25, 0.3) is 0 Å². The number of benzene rings is 2. The molecule has 0 aliphatic heterocycles. The van der Waals surface area contributed by atoms with Gasteiger partial charge in [0, 0.05) is 23.0 Å². The first-order chi connectivity index (χ1) is 9.65. The Morgan fingerprint density at radius 3 is 2.80 bits per heavy atom. The van der Waals surface area contributed by atoms with Gasteiger partial charge in [-0.1, -0.05) is 12.1 Å². The first kappa shape index (κ1) is 12.3. The average molecular weight is 265 g/mol. The first-order valence-electron chi connectivity index (χ1n) is 6.35. The number of anilines is 3. The molecular formula is C16H15N3O. The van der Waals surface area contributed by atoms with Crippen molar-refractivity contribution >= 4 is 28.0 Å². The highest BCUT2D eigenvalue weighted by atomic mass is 16.3. The van der Waals surface area contributed by atoms with Gasteiger partial charge in [0.1, 0.15) is 11.6 Å². The van der Waals surface area contributed by atoms with Crippen molar-refractivity contribution in [3.8, 4) is 5.75 Å². The predicted octanol–water partition coefficient (Wildman–Crippen LogP) is 3.57. The van der Waals surface area contributed by atoms with Crippen LogP contribution in [0.2, 0.25) is 0 Å². The minimum atomic E-state index is 0.249. The van der Waals surface area contributed by atoms with Gasteiger partial charge in [0.2, 0.25) is 0 Å². The Kier molecular flexibility index (Phi) is 2.91. The molecule has 0 radical (unpaired) electrons. The van der Waals surface area contributed by atoms with Crippen LogP contribution in [-0.4, -0.2) is 10.1 Å². The number of aryl methyl sites for hydroxylation is 1. The standard InChI is InChI=1S/C16H15N3O/c1-10-9-12(20)5-6-14(10)19-16-15-11(7-8-18-16)3-2-4-13(15)17/h2-9,20H,17H2,1H3,(H,18,19). The van der Waals surface area contributed by atoms with Gasteiger partial charge in [-0.2, -0.15) is 0 Å². The Hall–Kier alpha value is -2.75. The molecule has 0 unspecified atom stereocenters. The fourth-order valence-corrected chi connectivity index (χ4v) is 2.27. The number of nitrogen functional groups attached to an aromatic ring is 1. The Balaban J connectivity index is 2.11. The number of aromatic hydroxyl groups is 1. The highest BCUT2D eigenvalue weighted by Gasteiger charge is 2.07. The van der Waals surface area contributed by atoms with E-state index in [1.165, 1.54) is 0 Å². The number of nitrogens with two attached hydrogens (primary N) is 1. The zero-order valence-electron chi connectivity index (χ0n) is 11.1. The van der Waals surface area contributed by atoms with Gasteiger partial charge in [0.15, 0.2) is 0 Å². The number of hydrogen-bond acceptors (Lipinski definition) is 4. The summed E-state index contributed by atoms with van der Waals surface area (Å²) >= 11 is 0. The molecule has 3 rings (SSSR count). The molecule has 0 aliphatic carbocycles. The second kappa shape index (κ2) is 4.74. The van der Waals surface area contributed by atoms with Crippen LogP contribution in [-0.2, 0) is 0 Å². The van der Waals surface area contributed by atoms with E-state index >= 15 is 0 Å². The normalized spacial score (nSPS) is 10.7. The van der Waals surface area contributed by atoms with Crippen LogP contribution in [0, 0.1) is 6.92 Å². The maximum absolute atomic E-state index is 9.46. The van der Waals surface area contributed by atoms with Crippen LogP contribution in [0.15, 0.2) is 48.7 Å². The predicted molar refractivity (Wildman–Crippen MR) is 82.3 cm³/mol. The zero-order chi connectivity index (χ0) is 14.1. The molecule has 0 atom stereocenters. The number of phenols is 1. The highest BCUT2D eigenvalue weighted by molar-refractivity contribution is 6.01. The third-order valence-electron chi connectivity index (χ3n) is 3.29. The van der Waals surface area contributed by atoms with Crippen molar-refractivity contribution < 1.29 is 5.11 Å². The number of fused-ring (bicyclic) bond motifs is 1. The largest absolute Gasteiger partial charge is 0.508 e. The number of pyridine rings is 1. The third kappa shape index (κ3) is 2.12. The fraction of sp³-hybridized carbons (Fsp3) is 0.0625. The lowest BCUT2D eigenvalue weighted by molar-refractivity contribution is 0.475. The molecule has 0 aliphatic rings. The van der Waals surface area contributed by atoms with E-state index in [2.05, 4.69) is 10.3 Å². The van der Waals surface area contributed by atoms with E-state index in [-0.39, 0.29) is 5.75 Å². The Morgan fingerprint density at radius 1 is 1.15 bits per heavy atom. The van der Waals surface area contributed by atoms with Crippen molar-refractivity contribution in [2.24, 2.45) is 0 Å². The SMILES string of the molecule is Cc1cc(O)ccc1Nc1nccc2cccc(N)c12. The van der Waals surface area contributed by atoms with Gasteiger partial charge in [0.05, 0.1) is 0 Å². The number of rotatable bonds is 2. The molecule has 0 fully saturated rings. The van der Waals surface area contributed by atoms with Crippen molar-refractivity contribution in [3.63, 3.8) is 0 Å². The molecule has 0 saturated carbocycles. The van der Waals surface area contributed by atoms with Gasteiger partial charge in [-0.05, 0) is 48.2 Å². The second-order valence-corrected chi connectivity index (χ2v) is 4.73. The molecule has 1 heterocycles. The van der Waals surface area contributed by atoms with Gasteiger partial charge in [-0.3, -0.25) is 0 Å². The van der Waals surface area contributed by atoms with Gasteiger partial charge in [-0.15, -0.1) is 0 Å².